The Labute approximate surface area is 70.0 Å². The Morgan fingerprint density at radius 3 is 2.27 bits per heavy atom. The fourth-order valence-electron chi connectivity index (χ4n) is 0.755. The van der Waals surface area contributed by atoms with E-state index >= 15 is 0 Å². The van der Waals surface area contributed by atoms with Gasteiger partial charge in [0, 0.05) is 5.54 Å². The summed E-state index contributed by atoms with van der Waals surface area (Å²) < 4.78 is 0. The normalized spacial score (nSPS) is 12.5. The summed E-state index contributed by atoms with van der Waals surface area (Å²) in [6.45, 7) is 9.61. The Hall–Kier alpha value is -0.0800. The van der Waals surface area contributed by atoms with Crippen molar-refractivity contribution in [3.63, 3.8) is 0 Å². The second-order valence-electron chi connectivity index (χ2n) is 4.15. The molecule has 0 aliphatic rings. The topological polar surface area (TPSA) is 32.3 Å². The number of aliphatic hydroxyl groups is 1. The molecule has 0 atom stereocenters. The van der Waals surface area contributed by atoms with Gasteiger partial charge in [0.05, 0.1) is 6.61 Å². The molecule has 0 unspecified atom stereocenters. The molecule has 0 bridgehead atoms. The standard InChI is InChI=1S/C9H21NO/c1-8(2)5-6-10-9(3,4)7-11/h8,10-11H,5-7H2,1-4H3. The Bertz CT molecular complexity index is 99.7. The molecule has 0 saturated heterocycles. The highest BCUT2D eigenvalue weighted by molar-refractivity contribution is 4.75. The summed E-state index contributed by atoms with van der Waals surface area (Å²) in [6.07, 6.45) is 1.17. The summed E-state index contributed by atoms with van der Waals surface area (Å²) >= 11 is 0. The summed E-state index contributed by atoms with van der Waals surface area (Å²) in [6, 6.07) is 0. The molecule has 2 nitrogen and oxygen atoms in total. The highest BCUT2D eigenvalue weighted by Gasteiger charge is 2.14. The van der Waals surface area contributed by atoms with Crippen LogP contribution in [0.5, 0.6) is 0 Å². The van der Waals surface area contributed by atoms with Crippen molar-refractivity contribution < 1.29 is 5.11 Å². The molecule has 2 heteroatoms. The number of aliphatic hydroxyl groups excluding tert-OH is 1. The first-order valence-corrected chi connectivity index (χ1v) is 4.34. The maximum Gasteiger partial charge on any atom is 0.0607 e. The first-order valence-electron chi connectivity index (χ1n) is 4.34. The van der Waals surface area contributed by atoms with Crippen molar-refractivity contribution in [1.82, 2.24) is 5.32 Å². The van der Waals surface area contributed by atoms with E-state index in [-0.39, 0.29) is 12.1 Å². The van der Waals surface area contributed by atoms with Gasteiger partial charge in [-0.25, -0.2) is 0 Å². The van der Waals surface area contributed by atoms with E-state index < -0.39 is 0 Å². The number of rotatable bonds is 5. The largest absolute Gasteiger partial charge is 0.394 e. The minimum Gasteiger partial charge on any atom is -0.394 e. The average Bonchev–Trinajstić information content (AvgIpc) is 1.87. The van der Waals surface area contributed by atoms with Crippen LogP contribution in [0.2, 0.25) is 0 Å². The van der Waals surface area contributed by atoms with Crippen LogP contribution in [0.25, 0.3) is 0 Å². The fraction of sp³-hybridized carbons (Fsp3) is 1.00. The van der Waals surface area contributed by atoms with Crippen LogP contribution in [0.15, 0.2) is 0 Å². The van der Waals surface area contributed by atoms with Gasteiger partial charge in [-0.3, -0.25) is 0 Å². The molecule has 0 spiro atoms. The Kier molecular flexibility index (Phi) is 4.69. The Morgan fingerprint density at radius 2 is 1.91 bits per heavy atom. The van der Waals surface area contributed by atoms with E-state index in [0.717, 1.165) is 12.5 Å². The molecule has 0 heterocycles. The van der Waals surface area contributed by atoms with Crippen molar-refractivity contribution >= 4 is 0 Å². The maximum absolute atomic E-state index is 8.90. The highest BCUT2D eigenvalue weighted by atomic mass is 16.3. The van der Waals surface area contributed by atoms with Crippen molar-refractivity contribution in [2.75, 3.05) is 13.2 Å². The number of hydrogen-bond acceptors (Lipinski definition) is 2. The van der Waals surface area contributed by atoms with E-state index in [1.54, 1.807) is 0 Å². The van der Waals surface area contributed by atoms with Gasteiger partial charge in [0.25, 0.3) is 0 Å². The van der Waals surface area contributed by atoms with Crippen LogP contribution in [0.4, 0.5) is 0 Å². The van der Waals surface area contributed by atoms with E-state index in [9.17, 15) is 0 Å². The molecule has 0 radical (unpaired) electrons. The van der Waals surface area contributed by atoms with Crippen LogP contribution in [-0.4, -0.2) is 23.8 Å². The monoisotopic (exact) mass is 159 g/mol. The van der Waals surface area contributed by atoms with Crippen LogP contribution in [0, 0.1) is 5.92 Å². The van der Waals surface area contributed by atoms with Crippen molar-refractivity contribution in [2.45, 2.75) is 39.7 Å². The van der Waals surface area contributed by atoms with E-state index in [1.807, 2.05) is 13.8 Å². The molecule has 2 N–H and O–H groups in total. The van der Waals surface area contributed by atoms with Gasteiger partial charge in [-0.2, -0.15) is 0 Å². The molecule has 0 rings (SSSR count). The lowest BCUT2D eigenvalue weighted by atomic mass is 10.1. The Balaban J connectivity index is 3.38. The summed E-state index contributed by atoms with van der Waals surface area (Å²) in [4.78, 5) is 0. The molecule has 0 saturated carbocycles. The van der Waals surface area contributed by atoms with Gasteiger partial charge in [0.15, 0.2) is 0 Å². The van der Waals surface area contributed by atoms with Crippen LogP contribution in [0.1, 0.15) is 34.1 Å². The number of nitrogens with one attached hydrogen (secondary N) is 1. The van der Waals surface area contributed by atoms with Crippen LogP contribution in [0.3, 0.4) is 0 Å². The summed E-state index contributed by atoms with van der Waals surface area (Å²) in [5.74, 6) is 0.733. The quantitative estimate of drug-likeness (QED) is 0.635. The third kappa shape index (κ3) is 6.32. The van der Waals surface area contributed by atoms with Crippen molar-refractivity contribution in [3.8, 4) is 0 Å². The molecule has 0 aliphatic heterocycles. The summed E-state index contributed by atoms with van der Waals surface area (Å²) in [7, 11) is 0. The minimum absolute atomic E-state index is 0.116. The van der Waals surface area contributed by atoms with Crippen LogP contribution in [-0.2, 0) is 0 Å². The van der Waals surface area contributed by atoms with Crippen molar-refractivity contribution in [3.05, 3.63) is 0 Å². The molecule has 0 aromatic rings. The lowest BCUT2D eigenvalue weighted by Crippen LogP contribution is -2.43. The second-order valence-corrected chi connectivity index (χ2v) is 4.15. The van der Waals surface area contributed by atoms with E-state index in [0.29, 0.717) is 0 Å². The molecular formula is C9H21NO. The second kappa shape index (κ2) is 4.73. The summed E-state index contributed by atoms with van der Waals surface area (Å²) in [5, 5.41) is 12.2. The molecule has 0 aromatic carbocycles. The maximum atomic E-state index is 8.90. The predicted octanol–water partition coefficient (Wildman–Crippen LogP) is 1.39. The SMILES string of the molecule is CC(C)CCNC(C)(C)CO. The highest BCUT2D eigenvalue weighted by Crippen LogP contribution is 2.02. The molecule has 11 heavy (non-hydrogen) atoms. The van der Waals surface area contributed by atoms with Gasteiger partial charge in [0.1, 0.15) is 0 Å². The van der Waals surface area contributed by atoms with Gasteiger partial charge in [0.2, 0.25) is 0 Å². The smallest absolute Gasteiger partial charge is 0.0607 e. The lowest BCUT2D eigenvalue weighted by molar-refractivity contribution is 0.187. The molecule has 0 aromatic heterocycles. The third-order valence-corrected chi connectivity index (χ3v) is 1.72. The predicted molar refractivity (Wildman–Crippen MR) is 48.6 cm³/mol. The fourth-order valence-corrected chi connectivity index (χ4v) is 0.755. The van der Waals surface area contributed by atoms with Crippen molar-refractivity contribution in [1.29, 1.82) is 0 Å². The molecule has 68 valence electrons. The molecule has 0 aliphatic carbocycles. The van der Waals surface area contributed by atoms with Gasteiger partial charge in [-0.15, -0.1) is 0 Å². The zero-order valence-corrected chi connectivity index (χ0v) is 8.15. The van der Waals surface area contributed by atoms with Gasteiger partial charge in [-0.1, -0.05) is 13.8 Å². The van der Waals surface area contributed by atoms with E-state index in [1.165, 1.54) is 6.42 Å². The molecular weight excluding hydrogens is 138 g/mol. The zero-order chi connectivity index (χ0) is 8.91. The third-order valence-electron chi connectivity index (χ3n) is 1.72. The van der Waals surface area contributed by atoms with E-state index in [4.69, 9.17) is 5.11 Å². The number of hydrogen-bond donors (Lipinski definition) is 2. The van der Waals surface area contributed by atoms with Gasteiger partial charge >= 0.3 is 0 Å². The van der Waals surface area contributed by atoms with Crippen LogP contribution >= 0.6 is 0 Å². The van der Waals surface area contributed by atoms with Crippen molar-refractivity contribution in [2.24, 2.45) is 5.92 Å². The average molecular weight is 159 g/mol. The zero-order valence-electron chi connectivity index (χ0n) is 8.15. The first kappa shape index (κ1) is 10.9. The summed E-state index contributed by atoms with van der Waals surface area (Å²) in [5.41, 5.74) is -0.116. The van der Waals surface area contributed by atoms with Crippen LogP contribution < -0.4 is 5.32 Å². The first-order chi connectivity index (χ1) is 4.98. The van der Waals surface area contributed by atoms with E-state index in [2.05, 4.69) is 19.2 Å². The van der Waals surface area contributed by atoms with Gasteiger partial charge in [-0.05, 0) is 32.7 Å². The lowest BCUT2D eigenvalue weighted by Gasteiger charge is -2.23. The molecule has 0 amide bonds. The Morgan fingerprint density at radius 1 is 1.36 bits per heavy atom. The molecule has 0 fully saturated rings. The van der Waals surface area contributed by atoms with Gasteiger partial charge < -0.3 is 10.4 Å². The minimum atomic E-state index is -0.116.